The molecule has 0 aliphatic heterocycles. The highest BCUT2D eigenvalue weighted by atomic mass is 35.5. The second-order valence-electron chi connectivity index (χ2n) is 6.00. The van der Waals surface area contributed by atoms with E-state index in [1.807, 2.05) is 44.2 Å². The molecule has 0 saturated carbocycles. The lowest BCUT2D eigenvalue weighted by Gasteiger charge is -2.24. The Kier molecular flexibility index (Phi) is 5.06. The van der Waals surface area contributed by atoms with Crippen LogP contribution in [0.3, 0.4) is 0 Å². The highest BCUT2D eigenvalue weighted by molar-refractivity contribution is 6.33. The zero-order valence-electron chi connectivity index (χ0n) is 13.0. The van der Waals surface area contributed by atoms with Crippen molar-refractivity contribution in [3.05, 3.63) is 64.7 Å². The van der Waals surface area contributed by atoms with E-state index in [2.05, 4.69) is 5.32 Å². The van der Waals surface area contributed by atoms with Gasteiger partial charge >= 0.3 is 5.97 Å². The molecule has 120 valence electrons. The summed E-state index contributed by atoms with van der Waals surface area (Å²) in [6.07, 6.45) is 0.582. The topological polar surface area (TPSA) is 66.4 Å². The number of carboxylic acids is 1. The predicted molar refractivity (Wildman–Crippen MR) is 91.0 cm³/mol. The summed E-state index contributed by atoms with van der Waals surface area (Å²) in [5.41, 5.74) is 0.808. The standard InChI is InChI=1S/C18H18ClNO3/c1-18(2,11-12-6-4-3-5-7-12)17(23)20-13-8-9-15(19)14(10-13)16(21)22/h3-10H,11H2,1-2H3,(H,20,23)(H,21,22). The Hall–Kier alpha value is -2.33. The smallest absolute Gasteiger partial charge is 0.337 e. The van der Waals surface area contributed by atoms with Gasteiger partial charge in [0.25, 0.3) is 0 Å². The Labute approximate surface area is 140 Å². The molecule has 0 spiro atoms. The number of carboxylic acid groups (broad SMARTS) is 1. The summed E-state index contributed by atoms with van der Waals surface area (Å²) in [5, 5.41) is 12.0. The quantitative estimate of drug-likeness (QED) is 0.860. The lowest BCUT2D eigenvalue weighted by Crippen LogP contribution is -2.32. The Morgan fingerprint density at radius 1 is 1.13 bits per heavy atom. The number of anilines is 1. The number of aromatic carboxylic acids is 1. The minimum absolute atomic E-state index is 0.0367. The molecule has 0 atom stereocenters. The first kappa shape index (κ1) is 17.0. The molecule has 5 heteroatoms. The number of hydrogen-bond acceptors (Lipinski definition) is 2. The molecule has 0 aliphatic rings. The van der Waals surface area contributed by atoms with E-state index in [0.29, 0.717) is 12.1 Å². The van der Waals surface area contributed by atoms with Crippen LogP contribution in [-0.4, -0.2) is 17.0 Å². The monoisotopic (exact) mass is 331 g/mol. The molecular weight excluding hydrogens is 314 g/mol. The van der Waals surface area contributed by atoms with Gasteiger partial charge in [-0.2, -0.15) is 0 Å². The van der Waals surface area contributed by atoms with E-state index in [0.717, 1.165) is 5.56 Å². The van der Waals surface area contributed by atoms with E-state index in [1.54, 1.807) is 6.07 Å². The Bertz CT molecular complexity index is 726. The second-order valence-corrected chi connectivity index (χ2v) is 6.41. The largest absolute Gasteiger partial charge is 0.478 e. The molecule has 2 aromatic carbocycles. The average molecular weight is 332 g/mol. The van der Waals surface area contributed by atoms with E-state index in [-0.39, 0.29) is 16.5 Å². The van der Waals surface area contributed by atoms with Crippen LogP contribution in [0.1, 0.15) is 29.8 Å². The fourth-order valence-corrected chi connectivity index (χ4v) is 2.45. The van der Waals surface area contributed by atoms with Crippen LogP contribution in [0.15, 0.2) is 48.5 Å². The van der Waals surface area contributed by atoms with Crippen molar-refractivity contribution in [1.29, 1.82) is 0 Å². The first-order valence-electron chi connectivity index (χ1n) is 7.18. The van der Waals surface area contributed by atoms with Crippen molar-refractivity contribution in [2.45, 2.75) is 20.3 Å². The molecule has 0 fully saturated rings. The minimum atomic E-state index is -1.13. The maximum atomic E-state index is 12.5. The summed E-state index contributed by atoms with van der Waals surface area (Å²) < 4.78 is 0. The number of amides is 1. The van der Waals surface area contributed by atoms with Gasteiger partial charge in [-0.15, -0.1) is 0 Å². The van der Waals surface area contributed by atoms with Crippen molar-refractivity contribution in [3.8, 4) is 0 Å². The third kappa shape index (κ3) is 4.33. The zero-order valence-corrected chi connectivity index (χ0v) is 13.7. The number of rotatable bonds is 5. The molecule has 4 nitrogen and oxygen atoms in total. The maximum Gasteiger partial charge on any atom is 0.337 e. The lowest BCUT2D eigenvalue weighted by atomic mass is 9.84. The van der Waals surface area contributed by atoms with Crippen LogP contribution in [0.5, 0.6) is 0 Å². The molecule has 0 bridgehead atoms. The normalized spacial score (nSPS) is 11.1. The lowest BCUT2D eigenvalue weighted by molar-refractivity contribution is -0.123. The van der Waals surface area contributed by atoms with E-state index < -0.39 is 11.4 Å². The van der Waals surface area contributed by atoms with Gasteiger partial charge in [0.15, 0.2) is 0 Å². The average Bonchev–Trinajstić information content (AvgIpc) is 2.49. The SMILES string of the molecule is CC(C)(Cc1ccccc1)C(=O)Nc1ccc(Cl)c(C(=O)O)c1. The van der Waals surface area contributed by atoms with Gasteiger partial charge in [-0.1, -0.05) is 55.8 Å². The Balaban J connectivity index is 2.14. The fourth-order valence-electron chi connectivity index (χ4n) is 2.25. The summed E-state index contributed by atoms with van der Waals surface area (Å²) >= 11 is 5.83. The molecule has 2 N–H and O–H groups in total. The number of carbonyl (C=O) groups is 2. The maximum absolute atomic E-state index is 12.5. The fraction of sp³-hybridized carbons (Fsp3) is 0.222. The number of benzene rings is 2. The predicted octanol–water partition coefficient (Wildman–Crippen LogP) is 4.25. The number of halogens is 1. The first-order valence-corrected chi connectivity index (χ1v) is 7.55. The molecule has 0 radical (unpaired) electrons. The van der Waals surface area contributed by atoms with Crippen LogP contribution in [0.2, 0.25) is 5.02 Å². The van der Waals surface area contributed by atoms with E-state index in [4.69, 9.17) is 16.7 Å². The van der Waals surface area contributed by atoms with E-state index in [1.165, 1.54) is 12.1 Å². The molecule has 0 saturated heterocycles. The second kappa shape index (κ2) is 6.84. The molecule has 0 aliphatic carbocycles. The van der Waals surface area contributed by atoms with Gasteiger partial charge in [-0.25, -0.2) is 4.79 Å². The highest BCUT2D eigenvalue weighted by Crippen LogP contribution is 2.26. The summed E-state index contributed by atoms with van der Waals surface area (Å²) in [6.45, 7) is 3.70. The van der Waals surface area contributed by atoms with Gasteiger partial charge in [0, 0.05) is 11.1 Å². The molecule has 1 amide bonds. The highest BCUT2D eigenvalue weighted by Gasteiger charge is 2.28. The minimum Gasteiger partial charge on any atom is -0.478 e. The third-order valence-electron chi connectivity index (χ3n) is 3.56. The molecule has 2 aromatic rings. The van der Waals surface area contributed by atoms with Gasteiger partial charge < -0.3 is 10.4 Å². The van der Waals surface area contributed by atoms with Gasteiger partial charge in [0.2, 0.25) is 5.91 Å². The third-order valence-corrected chi connectivity index (χ3v) is 3.89. The van der Waals surface area contributed by atoms with E-state index in [9.17, 15) is 9.59 Å². The van der Waals surface area contributed by atoms with Crippen molar-refractivity contribution >= 4 is 29.2 Å². The van der Waals surface area contributed by atoms with Crippen molar-refractivity contribution < 1.29 is 14.7 Å². The Morgan fingerprint density at radius 3 is 2.39 bits per heavy atom. The van der Waals surface area contributed by atoms with Gasteiger partial charge in [-0.05, 0) is 30.2 Å². The van der Waals surface area contributed by atoms with Crippen molar-refractivity contribution in [3.63, 3.8) is 0 Å². The van der Waals surface area contributed by atoms with Crippen LogP contribution >= 0.6 is 11.6 Å². The summed E-state index contributed by atoms with van der Waals surface area (Å²) in [6, 6.07) is 14.2. The summed E-state index contributed by atoms with van der Waals surface area (Å²) in [7, 11) is 0. The Morgan fingerprint density at radius 2 is 1.78 bits per heavy atom. The van der Waals surface area contributed by atoms with Crippen molar-refractivity contribution in [1.82, 2.24) is 0 Å². The number of nitrogens with one attached hydrogen (secondary N) is 1. The van der Waals surface area contributed by atoms with Gasteiger partial charge in [-0.3, -0.25) is 4.79 Å². The summed E-state index contributed by atoms with van der Waals surface area (Å²) in [4.78, 5) is 23.6. The number of hydrogen-bond donors (Lipinski definition) is 2. The van der Waals surface area contributed by atoms with Crippen LogP contribution in [0, 0.1) is 5.41 Å². The number of carbonyl (C=O) groups excluding carboxylic acids is 1. The van der Waals surface area contributed by atoms with Crippen LogP contribution in [-0.2, 0) is 11.2 Å². The van der Waals surface area contributed by atoms with Crippen LogP contribution < -0.4 is 5.32 Å². The zero-order chi connectivity index (χ0) is 17.0. The van der Waals surface area contributed by atoms with Crippen molar-refractivity contribution in [2.24, 2.45) is 5.41 Å². The van der Waals surface area contributed by atoms with Gasteiger partial charge in [0.05, 0.1) is 10.6 Å². The van der Waals surface area contributed by atoms with Gasteiger partial charge in [0.1, 0.15) is 0 Å². The molecule has 0 unspecified atom stereocenters. The molecule has 0 aromatic heterocycles. The van der Waals surface area contributed by atoms with Crippen molar-refractivity contribution in [2.75, 3.05) is 5.32 Å². The van der Waals surface area contributed by atoms with Crippen LogP contribution in [0.25, 0.3) is 0 Å². The first-order chi connectivity index (χ1) is 10.8. The molecular formula is C18H18ClNO3. The summed E-state index contributed by atoms with van der Waals surface area (Å²) in [5.74, 6) is -1.31. The molecule has 0 heterocycles. The molecule has 23 heavy (non-hydrogen) atoms. The van der Waals surface area contributed by atoms with E-state index >= 15 is 0 Å². The molecule has 2 rings (SSSR count). The van der Waals surface area contributed by atoms with Crippen LogP contribution in [0.4, 0.5) is 5.69 Å².